The topological polar surface area (TPSA) is 98.7 Å². The van der Waals surface area contributed by atoms with E-state index in [1.165, 1.54) is 4.90 Å². The van der Waals surface area contributed by atoms with Crippen LogP contribution in [0.5, 0.6) is 0 Å². The van der Waals surface area contributed by atoms with Crippen LogP contribution in [0.25, 0.3) is 0 Å². The molecule has 0 radical (unpaired) electrons. The highest BCUT2D eigenvalue weighted by molar-refractivity contribution is 5.78. The van der Waals surface area contributed by atoms with Crippen LogP contribution in [0.4, 0.5) is 4.79 Å². The Morgan fingerprint density at radius 1 is 1.14 bits per heavy atom. The molecule has 0 aromatic rings. The molecule has 1 aliphatic carbocycles. The molecule has 1 rings (SSSR count). The first kappa shape index (κ1) is 17.3. The van der Waals surface area contributed by atoms with Crippen LogP contribution >= 0.6 is 0 Å². The highest BCUT2D eigenvalue weighted by Gasteiger charge is 2.30. The number of nitrogens with one attached hydrogen (secondary N) is 2. The molecule has 120 valence electrons. The van der Waals surface area contributed by atoms with Crippen LogP contribution in [0.1, 0.15) is 32.1 Å². The number of hydrogen-bond acceptors (Lipinski definition) is 3. The maximum atomic E-state index is 11.6. The molecule has 7 heteroatoms. The van der Waals surface area contributed by atoms with Crippen LogP contribution in [0.3, 0.4) is 0 Å². The average molecular weight is 299 g/mol. The second-order valence-corrected chi connectivity index (χ2v) is 5.66. The quantitative estimate of drug-likeness (QED) is 0.671. The summed E-state index contributed by atoms with van der Waals surface area (Å²) in [5.74, 6) is -1.20. The molecule has 1 aliphatic rings. The molecule has 21 heavy (non-hydrogen) atoms. The third-order valence-corrected chi connectivity index (χ3v) is 3.87. The first-order valence-corrected chi connectivity index (χ1v) is 7.36. The van der Waals surface area contributed by atoms with Crippen LogP contribution in [-0.2, 0) is 9.59 Å². The van der Waals surface area contributed by atoms with Crippen molar-refractivity contribution in [3.8, 4) is 0 Å². The number of carboxylic acids is 1. The van der Waals surface area contributed by atoms with Gasteiger partial charge in [0, 0.05) is 33.6 Å². The summed E-state index contributed by atoms with van der Waals surface area (Å²) >= 11 is 0. The molecule has 0 saturated heterocycles. The van der Waals surface area contributed by atoms with Crippen molar-refractivity contribution < 1.29 is 19.5 Å². The summed E-state index contributed by atoms with van der Waals surface area (Å²) in [5, 5.41) is 14.5. The summed E-state index contributed by atoms with van der Waals surface area (Å²) in [5.41, 5.74) is 0. The molecule has 1 fully saturated rings. The van der Waals surface area contributed by atoms with E-state index in [4.69, 9.17) is 5.11 Å². The molecule has 0 heterocycles. The Hall–Kier alpha value is -1.79. The van der Waals surface area contributed by atoms with Gasteiger partial charge in [-0.1, -0.05) is 12.8 Å². The lowest BCUT2D eigenvalue weighted by Gasteiger charge is -2.28. The van der Waals surface area contributed by atoms with E-state index in [2.05, 4.69) is 10.6 Å². The van der Waals surface area contributed by atoms with E-state index in [-0.39, 0.29) is 36.7 Å². The minimum Gasteiger partial charge on any atom is -0.481 e. The Balaban J connectivity index is 2.25. The average Bonchev–Trinajstić information content (AvgIpc) is 2.45. The lowest BCUT2D eigenvalue weighted by atomic mass is 9.79. The number of nitrogens with zero attached hydrogens (tertiary/aromatic N) is 1. The number of amides is 3. The van der Waals surface area contributed by atoms with Crippen molar-refractivity contribution in [1.29, 1.82) is 0 Å². The monoisotopic (exact) mass is 299 g/mol. The molecule has 3 amide bonds. The number of urea groups is 1. The van der Waals surface area contributed by atoms with E-state index in [1.54, 1.807) is 14.1 Å². The molecule has 0 spiro atoms. The van der Waals surface area contributed by atoms with E-state index >= 15 is 0 Å². The minimum atomic E-state index is -0.779. The maximum Gasteiger partial charge on any atom is 0.314 e. The molecule has 3 N–H and O–H groups in total. The minimum absolute atomic E-state index is 0.00888. The molecule has 0 aliphatic heterocycles. The van der Waals surface area contributed by atoms with Gasteiger partial charge in [-0.25, -0.2) is 4.79 Å². The number of carbonyl (C=O) groups is 3. The van der Waals surface area contributed by atoms with Crippen molar-refractivity contribution in [2.45, 2.75) is 32.1 Å². The zero-order valence-corrected chi connectivity index (χ0v) is 12.7. The van der Waals surface area contributed by atoms with Gasteiger partial charge in [0.2, 0.25) is 5.91 Å². The summed E-state index contributed by atoms with van der Waals surface area (Å²) in [7, 11) is 3.33. The largest absolute Gasteiger partial charge is 0.481 e. The standard InChI is InChI=1S/C14H25N3O4/c1-17(2)12(18)7-8-15-14(21)16-9-10-5-3-4-6-11(10)13(19)20/h10-11H,3-9H2,1-2H3,(H,19,20)(H2,15,16,21). The number of rotatable bonds is 6. The number of carbonyl (C=O) groups excluding carboxylic acids is 2. The Morgan fingerprint density at radius 3 is 2.43 bits per heavy atom. The summed E-state index contributed by atoms with van der Waals surface area (Å²) in [4.78, 5) is 35.6. The molecule has 0 aromatic heterocycles. The predicted molar refractivity (Wildman–Crippen MR) is 77.8 cm³/mol. The van der Waals surface area contributed by atoms with Crippen molar-refractivity contribution in [2.24, 2.45) is 11.8 Å². The zero-order valence-electron chi connectivity index (χ0n) is 12.7. The fourth-order valence-electron chi connectivity index (χ4n) is 2.57. The Morgan fingerprint density at radius 2 is 1.81 bits per heavy atom. The first-order valence-electron chi connectivity index (χ1n) is 7.36. The van der Waals surface area contributed by atoms with E-state index in [0.717, 1.165) is 19.3 Å². The lowest BCUT2D eigenvalue weighted by Crippen LogP contribution is -2.42. The van der Waals surface area contributed by atoms with Gasteiger partial charge in [-0.05, 0) is 18.8 Å². The highest BCUT2D eigenvalue weighted by Crippen LogP contribution is 2.29. The smallest absolute Gasteiger partial charge is 0.314 e. The molecule has 2 atom stereocenters. The van der Waals surface area contributed by atoms with Crippen molar-refractivity contribution in [3.63, 3.8) is 0 Å². The van der Waals surface area contributed by atoms with Crippen LogP contribution in [-0.4, -0.2) is 55.1 Å². The Labute approximate surface area is 125 Å². The van der Waals surface area contributed by atoms with E-state index in [1.807, 2.05) is 0 Å². The second-order valence-electron chi connectivity index (χ2n) is 5.66. The van der Waals surface area contributed by atoms with Gasteiger partial charge in [0.25, 0.3) is 0 Å². The molecular formula is C14H25N3O4. The van der Waals surface area contributed by atoms with E-state index < -0.39 is 5.97 Å². The van der Waals surface area contributed by atoms with Gasteiger partial charge < -0.3 is 20.6 Å². The van der Waals surface area contributed by atoms with E-state index in [0.29, 0.717) is 13.0 Å². The summed E-state index contributed by atoms with van der Waals surface area (Å²) in [6.45, 7) is 0.639. The number of carboxylic acid groups (broad SMARTS) is 1. The summed E-state index contributed by atoms with van der Waals surface area (Å²) in [6, 6.07) is -0.351. The van der Waals surface area contributed by atoms with Gasteiger partial charge in [0.05, 0.1) is 5.92 Å². The SMILES string of the molecule is CN(C)C(=O)CCNC(=O)NCC1CCCCC1C(=O)O. The van der Waals surface area contributed by atoms with Crippen molar-refractivity contribution in [2.75, 3.05) is 27.2 Å². The normalized spacial score (nSPS) is 21.4. The molecular weight excluding hydrogens is 274 g/mol. The van der Waals surface area contributed by atoms with Crippen molar-refractivity contribution >= 4 is 17.9 Å². The van der Waals surface area contributed by atoms with Crippen LogP contribution in [0.2, 0.25) is 0 Å². The number of hydrogen-bond donors (Lipinski definition) is 3. The molecule has 2 unspecified atom stereocenters. The van der Waals surface area contributed by atoms with Crippen LogP contribution in [0, 0.1) is 11.8 Å². The van der Waals surface area contributed by atoms with Crippen molar-refractivity contribution in [3.05, 3.63) is 0 Å². The van der Waals surface area contributed by atoms with Crippen LogP contribution < -0.4 is 10.6 Å². The van der Waals surface area contributed by atoms with Gasteiger partial charge in [0.15, 0.2) is 0 Å². The molecule has 0 bridgehead atoms. The number of aliphatic carboxylic acids is 1. The van der Waals surface area contributed by atoms with Crippen molar-refractivity contribution in [1.82, 2.24) is 15.5 Å². The Kier molecular flexibility index (Phi) is 6.98. The molecule has 7 nitrogen and oxygen atoms in total. The van der Waals surface area contributed by atoms with Gasteiger partial charge >= 0.3 is 12.0 Å². The maximum absolute atomic E-state index is 11.6. The highest BCUT2D eigenvalue weighted by atomic mass is 16.4. The third kappa shape index (κ3) is 6.01. The molecule has 1 saturated carbocycles. The zero-order chi connectivity index (χ0) is 15.8. The van der Waals surface area contributed by atoms with Gasteiger partial charge in [-0.15, -0.1) is 0 Å². The summed E-state index contributed by atoms with van der Waals surface area (Å²) in [6.07, 6.45) is 3.71. The third-order valence-electron chi connectivity index (χ3n) is 3.87. The van der Waals surface area contributed by atoms with Gasteiger partial charge in [-0.3, -0.25) is 9.59 Å². The molecule has 0 aromatic carbocycles. The van der Waals surface area contributed by atoms with Gasteiger partial charge in [-0.2, -0.15) is 0 Å². The van der Waals surface area contributed by atoms with E-state index in [9.17, 15) is 14.4 Å². The predicted octanol–water partition coefficient (Wildman–Crippen LogP) is 0.655. The fraction of sp³-hybridized carbons (Fsp3) is 0.786. The Bertz CT molecular complexity index is 384. The van der Waals surface area contributed by atoms with Crippen LogP contribution in [0.15, 0.2) is 0 Å². The first-order chi connectivity index (χ1) is 9.91. The second kappa shape index (κ2) is 8.49. The lowest BCUT2D eigenvalue weighted by molar-refractivity contribution is -0.144. The summed E-state index contributed by atoms with van der Waals surface area (Å²) < 4.78 is 0. The van der Waals surface area contributed by atoms with Gasteiger partial charge in [0.1, 0.15) is 0 Å². The fourth-order valence-corrected chi connectivity index (χ4v) is 2.57.